The van der Waals surface area contributed by atoms with Gasteiger partial charge >= 0.3 is 0 Å². The first-order valence-electron chi connectivity index (χ1n) is 8.35. The Balaban J connectivity index is 1.77. The van der Waals surface area contributed by atoms with Gasteiger partial charge in [-0.2, -0.15) is 0 Å². The summed E-state index contributed by atoms with van der Waals surface area (Å²) in [5, 5.41) is 6.50. The molecule has 1 aliphatic heterocycles. The summed E-state index contributed by atoms with van der Waals surface area (Å²) in [6.07, 6.45) is 2.45. The van der Waals surface area contributed by atoms with Crippen LogP contribution in [-0.2, 0) is 4.52 Å². The smallest absolute Gasteiger partial charge is 0.146 e. The number of anilines is 1. The van der Waals surface area contributed by atoms with E-state index in [0.717, 1.165) is 34.8 Å². The van der Waals surface area contributed by atoms with Crippen LogP contribution in [0.5, 0.6) is 5.75 Å². The SMILES string of the molecule is CCNP(COc1cccc(-c2c[nH]c3c2C(N)=NCN3)c1)OCC. The number of nitrogens with two attached hydrogens (primary N) is 1. The largest absolute Gasteiger partial charge is 0.485 e. The van der Waals surface area contributed by atoms with Crippen molar-refractivity contribution in [2.24, 2.45) is 10.7 Å². The average molecular weight is 361 g/mol. The van der Waals surface area contributed by atoms with Gasteiger partial charge in [0.25, 0.3) is 0 Å². The predicted octanol–water partition coefficient (Wildman–Crippen LogP) is 3.06. The Hall–Kier alpha value is -2.08. The van der Waals surface area contributed by atoms with Crippen LogP contribution in [0.25, 0.3) is 11.1 Å². The highest BCUT2D eigenvalue weighted by molar-refractivity contribution is 7.50. The van der Waals surface area contributed by atoms with Gasteiger partial charge in [-0.1, -0.05) is 19.1 Å². The van der Waals surface area contributed by atoms with Crippen molar-refractivity contribution in [3.05, 3.63) is 36.0 Å². The van der Waals surface area contributed by atoms with E-state index in [-0.39, 0.29) is 0 Å². The van der Waals surface area contributed by atoms with Crippen molar-refractivity contribution in [3.8, 4) is 16.9 Å². The molecular formula is C17H24N5O2P. The lowest BCUT2D eigenvalue weighted by Crippen LogP contribution is -2.22. The van der Waals surface area contributed by atoms with Crippen molar-refractivity contribution in [1.29, 1.82) is 0 Å². The van der Waals surface area contributed by atoms with Gasteiger partial charge in [-0.25, -0.2) is 4.99 Å². The lowest BCUT2D eigenvalue weighted by Gasteiger charge is -2.18. The van der Waals surface area contributed by atoms with Gasteiger partial charge in [0.1, 0.15) is 38.7 Å². The van der Waals surface area contributed by atoms with Gasteiger partial charge in [0, 0.05) is 18.4 Å². The summed E-state index contributed by atoms with van der Waals surface area (Å²) in [6, 6.07) is 7.97. The molecule has 1 aliphatic rings. The maximum Gasteiger partial charge on any atom is 0.146 e. The highest BCUT2D eigenvalue weighted by Crippen LogP contribution is 2.35. The van der Waals surface area contributed by atoms with E-state index >= 15 is 0 Å². The van der Waals surface area contributed by atoms with Gasteiger partial charge in [0.2, 0.25) is 0 Å². The van der Waals surface area contributed by atoms with Crippen LogP contribution in [0.4, 0.5) is 5.82 Å². The van der Waals surface area contributed by atoms with Crippen LogP contribution < -0.4 is 20.9 Å². The topological polar surface area (TPSA) is 96.7 Å². The zero-order chi connectivity index (χ0) is 17.6. The molecule has 0 spiro atoms. The summed E-state index contributed by atoms with van der Waals surface area (Å²) in [4.78, 5) is 7.48. The van der Waals surface area contributed by atoms with E-state index in [1.807, 2.05) is 37.4 Å². The molecule has 3 rings (SSSR count). The van der Waals surface area contributed by atoms with E-state index in [1.54, 1.807) is 0 Å². The molecule has 2 heterocycles. The van der Waals surface area contributed by atoms with Crippen molar-refractivity contribution in [2.75, 3.05) is 31.5 Å². The summed E-state index contributed by atoms with van der Waals surface area (Å²) < 4.78 is 11.6. The van der Waals surface area contributed by atoms with Gasteiger partial charge in [-0.3, -0.25) is 5.09 Å². The van der Waals surface area contributed by atoms with E-state index in [2.05, 4.69) is 27.3 Å². The standard InChI is InChI=1S/C17H24N5O2P/c1-3-22-25(24-4-2)11-23-13-7-5-6-12(8-13)14-9-19-17-15(14)16(18)20-10-21-17/h5-9,19,21-22H,3-4,10-11H2,1-2H3,(H2,18,20). The number of benzene rings is 1. The Morgan fingerprint density at radius 2 is 2.24 bits per heavy atom. The molecular weight excluding hydrogens is 337 g/mol. The lowest BCUT2D eigenvalue weighted by atomic mass is 10.0. The molecule has 1 atom stereocenters. The quantitative estimate of drug-likeness (QED) is 0.542. The van der Waals surface area contributed by atoms with Crippen molar-refractivity contribution in [3.63, 3.8) is 0 Å². The molecule has 0 saturated carbocycles. The average Bonchev–Trinajstić information content (AvgIpc) is 3.06. The van der Waals surface area contributed by atoms with Gasteiger partial charge in [0.05, 0.1) is 5.56 Å². The molecule has 1 aromatic heterocycles. The highest BCUT2D eigenvalue weighted by atomic mass is 31.2. The number of ether oxygens (including phenoxy) is 1. The van der Waals surface area contributed by atoms with Gasteiger partial charge in [-0.15, -0.1) is 0 Å². The molecule has 134 valence electrons. The number of hydrogen-bond donors (Lipinski definition) is 4. The lowest BCUT2D eigenvalue weighted by molar-refractivity contribution is 0.326. The fourth-order valence-electron chi connectivity index (χ4n) is 2.69. The molecule has 0 saturated heterocycles. The number of aromatic nitrogens is 1. The number of aromatic amines is 1. The first-order valence-corrected chi connectivity index (χ1v) is 9.80. The number of aliphatic imine (C=N–C) groups is 1. The molecule has 1 unspecified atom stereocenters. The van der Waals surface area contributed by atoms with Crippen molar-refractivity contribution in [2.45, 2.75) is 13.8 Å². The zero-order valence-corrected chi connectivity index (χ0v) is 15.4. The van der Waals surface area contributed by atoms with Crippen molar-refractivity contribution < 1.29 is 9.26 Å². The summed E-state index contributed by atoms with van der Waals surface area (Å²) in [5.74, 6) is 2.25. The van der Waals surface area contributed by atoms with Crippen molar-refractivity contribution >= 4 is 20.0 Å². The second-order valence-electron chi connectivity index (χ2n) is 5.44. The van der Waals surface area contributed by atoms with Crippen LogP contribution in [0.1, 0.15) is 19.4 Å². The molecule has 0 amide bonds. The minimum atomic E-state index is -0.782. The molecule has 7 nitrogen and oxygen atoms in total. The first kappa shape index (κ1) is 17.7. The minimum Gasteiger partial charge on any atom is -0.485 e. The van der Waals surface area contributed by atoms with E-state index in [0.29, 0.717) is 25.5 Å². The minimum absolute atomic E-state index is 0.493. The molecule has 0 aliphatic carbocycles. The number of H-pyrrole nitrogens is 1. The Morgan fingerprint density at radius 3 is 3.04 bits per heavy atom. The van der Waals surface area contributed by atoms with Crippen LogP contribution in [0, 0.1) is 0 Å². The molecule has 1 aromatic carbocycles. The van der Waals surface area contributed by atoms with E-state index in [1.165, 1.54) is 0 Å². The maximum absolute atomic E-state index is 6.07. The Kier molecular flexibility index (Phi) is 5.91. The second kappa shape index (κ2) is 8.34. The first-order chi connectivity index (χ1) is 12.2. The summed E-state index contributed by atoms with van der Waals surface area (Å²) >= 11 is 0. The van der Waals surface area contributed by atoms with Gasteiger partial charge in [0.15, 0.2) is 0 Å². The normalized spacial score (nSPS) is 14.4. The number of nitrogens with zero attached hydrogens (tertiary/aromatic N) is 1. The molecule has 2 aromatic rings. The third kappa shape index (κ3) is 4.12. The molecule has 0 fully saturated rings. The third-order valence-electron chi connectivity index (χ3n) is 3.75. The number of rotatable bonds is 8. The third-order valence-corrected chi connectivity index (χ3v) is 5.36. The number of hydrogen-bond acceptors (Lipinski definition) is 6. The number of nitrogens with one attached hydrogen (secondary N) is 3. The predicted molar refractivity (Wildman–Crippen MR) is 103 cm³/mol. The van der Waals surface area contributed by atoms with Crippen LogP contribution in [-0.4, -0.2) is 37.0 Å². The van der Waals surface area contributed by atoms with Crippen LogP contribution in [0.15, 0.2) is 35.5 Å². The molecule has 0 bridgehead atoms. The van der Waals surface area contributed by atoms with Crippen LogP contribution in [0.2, 0.25) is 0 Å². The summed E-state index contributed by atoms with van der Waals surface area (Å²) in [7, 11) is -0.782. The fraction of sp³-hybridized carbons (Fsp3) is 0.353. The van der Waals surface area contributed by atoms with Gasteiger partial charge in [-0.05, 0) is 31.2 Å². The summed E-state index contributed by atoms with van der Waals surface area (Å²) in [5.41, 5.74) is 9.01. The fourth-order valence-corrected chi connectivity index (χ4v) is 3.87. The van der Waals surface area contributed by atoms with Crippen molar-refractivity contribution in [1.82, 2.24) is 10.1 Å². The van der Waals surface area contributed by atoms with Crippen LogP contribution in [0.3, 0.4) is 0 Å². The van der Waals surface area contributed by atoms with Gasteiger partial charge < -0.3 is 25.3 Å². The maximum atomic E-state index is 6.07. The van der Waals surface area contributed by atoms with E-state index in [4.69, 9.17) is 15.0 Å². The number of fused-ring (bicyclic) bond motifs is 1. The number of amidine groups is 1. The monoisotopic (exact) mass is 361 g/mol. The Labute approximate surface area is 148 Å². The zero-order valence-electron chi connectivity index (χ0n) is 14.5. The highest BCUT2D eigenvalue weighted by Gasteiger charge is 2.19. The molecule has 25 heavy (non-hydrogen) atoms. The van der Waals surface area contributed by atoms with E-state index < -0.39 is 8.30 Å². The second-order valence-corrected chi connectivity index (χ2v) is 7.03. The Bertz CT molecular complexity index is 740. The molecule has 8 heteroatoms. The summed E-state index contributed by atoms with van der Waals surface area (Å²) in [6.45, 7) is 6.07. The molecule has 0 radical (unpaired) electrons. The molecule has 5 N–H and O–H groups in total. The van der Waals surface area contributed by atoms with E-state index in [9.17, 15) is 0 Å². The van der Waals surface area contributed by atoms with Crippen LogP contribution >= 0.6 is 8.30 Å². The Morgan fingerprint density at radius 1 is 1.36 bits per heavy atom.